The topological polar surface area (TPSA) is 73.9 Å². The molecule has 6 nitrogen and oxygen atoms in total. The van der Waals surface area contributed by atoms with E-state index in [4.69, 9.17) is 14.2 Å². The molecule has 0 fully saturated rings. The van der Waals surface area contributed by atoms with Crippen molar-refractivity contribution in [3.63, 3.8) is 0 Å². The SMILES string of the molecule is COCCOC(=O)CCCNC(=O)OCc1ccccc1. The van der Waals surface area contributed by atoms with Crippen molar-refractivity contribution in [2.75, 3.05) is 26.9 Å². The van der Waals surface area contributed by atoms with E-state index >= 15 is 0 Å². The molecular weight excluding hydrogens is 274 g/mol. The van der Waals surface area contributed by atoms with Crippen molar-refractivity contribution in [2.24, 2.45) is 0 Å². The number of esters is 1. The lowest BCUT2D eigenvalue weighted by Crippen LogP contribution is -2.25. The van der Waals surface area contributed by atoms with Crippen molar-refractivity contribution in [3.8, 4) is 0 Å². The highest BCUT2D eigenvalue weighted by Gasteiger charge is 2.05. The summed E-state index contributed by atoms with van der Waals surface area (Å²) in [5.41, 5.74) is 0.925. The van der Waals surface area contributed by atoms with E-state index in [-0.39, 0.29) is 25.6 Å². The van der Waals surface area contributed by atoms with E-state index in [0.717, 1.165) is 5.56 Å². The highest BCUT2D eigenvalue weighted by molar-refractivity contribution is 5.69. The maximum absolute atomic E-state index is 11.4. The molecule has 0 aliphatic carbocycles. The lowest BCUT2D eigenvalue weighted by Gasteiger charge is -2.07. The number of carbonyl (C=O) groups excluding carboxylic acids is 2. The van der Waals surface area contributed by atoms with Gasteiger partial charge in [-0.3, -0.25) is 4.79 Å². The minimum Gasteiger partial charge on any atom is -0.463 e. The summed E-state index contributed by atoms with van der Waals surface area (Å²) in [6.45, 7) is 1.23. The molecule has 0 unspecified atom stereocenters. The lowest BCUT2D eigenvalue weighted by atomic mass is 10.2. The van der Waals surface area contributed by atoms with Gasteiger partial charge in [0.05, 0.1) is 6.61 Å². The molecule has 0 saturated carbocycles. The molecular formula is C15H21NO5. The summed E-state index contributed by atoms with van der Waals surface area (Å²) in [6, 6.07) is 9.42. The van der Waals surface area contributed by atoms with Crippen molar-refractivity contribution in [1.82, 2.24) is 5.32 Å². The Labute approximate surface area is 124 Å². The van der Waals surface area contributed by atoms with Crippen molar-refractivity contribution >= 4 is 12.1 Å². The Morgan fingerprint density at radius 2 is 1.86 bits per heavy atom. The summed E-state index contributed by atoms with van der Waals surface area (Å²) in [5.74, 6) is -0.300. The molecule has 0 atom stereocenters. The van der Waals surface area contributed by atoms with E-state index in [2.05, 4.69) is 5.32 Å². The number of ether oxygens (including phenoxy) is 3. The normalized spacial score (nSPS) is 9.95. The number of methoxy groups -OCH3 is 1. The molecule has 0 bridgehead atoms. The largest absolute Gasteiger partial charge is 0.463 e. The molecule has 21 heavy (non-hydrogen) atoms. The first kappa shape index (κ1) is 17.0. The number of hydrogen-bond donors (Lipinski definition) is 1. The van der Waals surface area contributed by atoms with E-state index < -0.39 is 6.09 Å². The average Bonchev–Trinajstić information content (AvgIpc) is 2.51. The second-order valence-electron chi connectivity index (χ2n) is 4.31. The van der Waals surface area contributed by atoms with Gasteiger partial charge in [-0.1, -0.05) is 30.3 Å². The van der Waals surface area contributed by atoms with Crippen molar-refractivity contribution < 1.29 is 23.8 Å². The second kappa shape index (κ2) is 10.7. The predicted octanol–water partition coefficient (Wildman–Crippen LogP) is 1.88. The number of alkyl carbamates (subject to hydrolysis) is 1. The third-order valence-electron chi connectivity index (χ3n) is 2.59. The van der Waals surface area contributed by atoms with E-state index in [1.807, 2.05) is 30.3 Å². The van der Waals surface area contributed by atoms with Gasteiger partial charge in [-0.15, -0.1) is 0 Å². The van der Waals surface area contributed by atoms with Crippen molar-refractivity contribution in [3.05, 3.63) is 35.9 Å². The van der Waals surface area contributed by atoms with Crippen LogP contribution in [-0.2, 0) is 25.6 Å². The second-order valence-corrected chi connectivity index (χ2v) is 4.31. The first-order valence-electron chi connectivity index (χ1n) is 6.81. The lowest BCUT2D eigenvalue weighted by molar-refractivity contribution is -0.145. The molecule has 0 saturated heterocycles. The van der Waals surface area contributed by atoms with E-state index in [1.54, 1.807) is 7.11 Å². The molecule has 0 aliphatic heterocycles. The average molecular weight is 295 g/mol. The molecule has 116 valence electrons. The van der Waals surface area contributed by atoms with Crippen LogP contribution in [0.25, 0.3) is 0 Å². The van der Waals surface area contributed by atoms with Gasteiger partial charge < -0.3 is 19.5 Å². The van der Waals surface area contributed by atoms with Crippen LogP contribution in [0.3, 0.4) is 0 Å². The quantitative estimate of drug-likeness (QED) is 0.556. The number of nitrogens with one attached hydrogen (secondary N) is 1. The monoisotopic (exact) mass is 295 g/mol. The summed E-state index contributed by atoms with van der Waals surface area (Å²) in [5, 5.41) is 2.58. The Kier molecular flexibility index (Phi) is 8.63. The fraction of sp³-hybridized carbons (Fsp3) is 0.467. The molecule has 0 spiro atoms. The summed E-state index contributed by atoms with van der Waals surface area (Å²) in [4.78, 5) is 22.7. The van der Waals surface area contributed by atoms with Crippen LogP contribution in [0.4, 0.5) is 4.79 Å². The minimum atomic E-state index is -0.494. The zero-order valence-electron chi connectivity index (χ0n) is 12.2. The van der Waals surface area contributed by atoms with E-state index in [1.165, 1.54) is 0 Å². The summed E-state index contributed by atoms with van der Waals surface area (Å²) < 4.78 is 14.7. The van der Waals surface area contributed by atoms with Crippen LogP contribution in [0.1, 0.15) is 18.4 Å². The number of benzene rings is 1. The first-order chi connectivity index (χ1) is 10.2. The van der Waals surface area contributed by atoms with Crippen LogP contribution in [0, 0.1) is 0 Å². The fourth-order valence-electron chi connectivity index (χ4n) is 1.51. The van der Waals surface area contributed by atoms with E-state index in [9.17, 15) is 9.59 Å². The van der Waals surface area contributed by atoms with Crippen molar-refractivity contribution in [2.45, 2.75) is 19.4 Å². The van der Waals surface area contributed by atoms with Gasteiger partial charge in [0.15, 0.2) is 0 Å². The minimum absolute atomic E-state index is 0.228. The van der Waals surface area contributed by atoms with Crippen LogP contribution >= 0.6 is 0 Å². The van der Waals surface area contributed by atoms with Gasteiger partial charge in [-0.25, -0.2) is 4.79 Å². The van der Waals surface area contributed by atoms with Gasteiger partial charge in [0.25, 0.3) is 0 Å². The molecule has 0 radical (unpaired) electrons. The van der Waals surface area contributed by atoms with Gasteiger partial charge in [0.2, 0.25) is 0 Å². The summed E-state index contributed by atoms with van der Waals surface area (Å²) >= 11 is 0. The van der Waals surface area contributed by atoms with Crippen LogP contribution in [-0.4, -0.2) is 38.9 Å². The predicted molar refractivity (Wildman–Crippen MR) is 76.7 cm³/mol. The third kappa shape index (κ3) is 8.65. The Balaban J connectivity index is 2.02. The molecule has 0 aliphatic rings. The van der Waals surface area contributed by atoms with Gasteiger partial charge in [-0.05, 0) is 12.0 Å². The summed E-state index contributed by atoms with van der Waals surface area (Å²) in [6.07, 6.45) is 0.265. The van der Waals surface area contributed by atoms with Crippen molar-refractivity contribution in [1.29, 1.82) is 0 Å². The Morgan fingerprint density at radius 1 is 1.10 bits per heavy atom. The zero-order valence-corrected chi connectivity index (χ0v) is 12.2. The first-order valence-corrected chi connectivity index (χ1v) is 6.81. The van der Waals surface area contributed by atoms with Crippen LogP contribution < -0.4 is 5.32 Å². The molecule has 1 rings (SSSR count). The molecule has 1 aromatic carbocycles. The molecule has 6 heteroatoms. The Hall–Kier alpha value is -2.08. The van der Waals surface area contributed by atoms with Gasteiger partial charge in [0, 0.05) is 20.1 Å². The third-order valence-corrected chi connectivity index (χ3v) is 2.59. The zero-order chi connectivity index (χ0) is 15.3. The van der Waals surface area contributed by atoms with Gasteiger partial charge >= 0.3 is 12.1 Å². The molecule has 0 heterocycles. The maximum atomic E-state index is 11.4. The van der Waals surface area contributed by atoms with Crippen LogP contribution in [0.2, 0.25) is 0 Å². The molecule has 1 N–H and O–H groups in total. The summed E-state index contributed by atoms with van der Waals surface area (Å²) in [7, 11) is 1.54. The number of carbonyl (C=O) groups is 2. The number of hydrogen-bond acceptors (Lipinski definition) is 5. The van der Waals surface area contributed by atoms with Gasteiger partial charge in [0.1, 0.15) is 13.2 Å². The highest BCUT2D eigenvalue weighted by atomic mass is 16.6. The highest BCUT2D eigenvalue weighted by Crippen LogP contribution is 2.00. The Morgan fingerprint density at radius 3 is 2.57 bits per heavy atom. The maximum Gasteiger partial charge on any atom is 0.407 e. The fourth-order valence-corrected chi connectivity index (χ4v) is 1.51. The number of amides is 1. The Bertz CT molecular complexity index is 421. The molecule has 0 aromatic heterocycles. The number of rotatable bonds is 9. The van der Waals surface area contributed by atoms with Gasteiger partial charge in [-0.2, -0.15) is 0 Å². The van der Waals surface area contributed by atoms with Crippen LogP contribution in [0.15, 0.2) is 30.3 Å². The van der Waals surface area contributed by atoms with E-state index in [0.29, 0.717) is 19.6 Å². The standard InChI is InChI=1S/C15H21NO5/c1-19-10-11-20-14(17)8-5-9-16-15(18)21-12-13-6-3-2-4-7-13/h2-4,6-7H,5,8-12H2,1H3,(H,16,18). The molecule has 1 amide bonds. The smallest absolute Gasteiger partial charge is 0.407 e. The van der Waals surface area contributed by atoms with Crippen LogP contribution in [0.5, 0.6) is 0 Å². The molecule has 1 aromatic rings.